The molecule has 0 saturated carbocycles. The van der Waals surface area contributed by atoms with Gasteiger partial charge in [0.2, 0.25) is 0 Å². The number of rotatable bonds is 4. The van der Waals surface area contributed by atoms with Gasteiger partial charge in [-0.15, -0.1) is 0 Å². The lowest BCUT2D eigenvalue weighted by atomic mass is 9.91. The van der Waals surface area contributed by atoms with Gasteiger partial charge in [0, 0.05) is 5.69 Å². The smallest absolute Gasteiger partial charge is 0.254 e. The summed E-state index contributed by atoms with van der Waals surface area (Å²) < 4.78 is 1.54. The molecular weight excluding hydrogens is 284 g/mol. The van der Waals surface area contributed by atoms with Gasteiger partial charge in [0.05, 0.1) is 11.6 Å². The van der Waals surface area contributed by atoms with Gasteiger partial charge in [-0.25, -0.2) is 4.68 Å². The van der Waals surface area contributed by atoms with Crippen molar-refractivity contribution in [2.24, 2.45) is 0 Å². The third-order valence-electron chi connectivity index (χ3n) is 4.00. The fourth-order valence-corrected chi connectivity index (χ4v) is 2.88. The maximum Gasteiger partial charge on any atom is 0.254 e. The summed E-state index contributed by atoms with van der Waals surface area (Å²) in [6.45, 7) is 3.83. The van der Waals surface area contributed by atoms with E-state index in [1.54, 1.807) is 0 Å². The molecule has 3 aromatic rings. The molecule has 3 heteroatoms. The third kappa shape index (κ3) is 3.39. The summed E-state index contributed by atoms with van der Waals surface area (Å²) in [5.74, 6) is -0.220. The van der Waals surface area contributed by atoms with E-state index in [0.29, 0.717) is 6.42 Å². The first-order chi connectivity index (χ1) is 11.1. The standard InChI is InChI=1S/C20H20N2O/c1-15-13-16(2)22(21-15)20(23)19(18-11-7-4-8-12-18)14-17-9-5-3-6-10-17/h3-13,19H,14H2,1-2H3/t19-/m0/s1. The molecule has 0 unspecified atom stereocenters. The minimum absolute atomic E-state index is 0.0191. The molecule has 1 aromatic heterocycles. The highest BCUT2D eigenvalue weighted by Gasteiger charge is 2.24. The number of carbonyl (C=O) groups excluding carboxylic acids is 1. The molecule has 0 spiro atoms. The molecule has 0 aliphatic heterocycles. The van der Waals surface area contributed by atoms with Crippen molar-refractivity contribution in [3.05, 3.63) is 89.2 Å². The molecule has 116 valence electrons. The molecule has 0 radical (unpaired) electrons. The van der Waals surface area contributed by atoms with Crippen LogP contribution in [0.25, 0.3) is 0 Å². The number of hydrogen-bond donors (Lipinski definition) is 0. The zero-order valence-corrected chi connectivity index (χ0v) is 13.4. The van der Waals surface area contributed by atoms with E-state index >= 15 is 0 Å². The van der Waals surface area contributed by atoms with Gasteiger partial charge in [0.15, 0.2) is 0 Å². The molecule has 0 bridgehead atoms. The Hall–Kier alpha value is -2.68. The van der Waals surface area contributed by atoms with Crippen molar-refractivity contribution < 1.29 is 4.79 Å². The monoisotopic (exact) mass is 304 g/mol. The van der Waals surface area contributed by atoms with Gasteiger partial charge in [0.1, 0.15) is 0 Å². The van der Waals surface area contributed by atoms with E-state index < -0.39 is 0 Å². The summed E-state index contributed by atoms with van der Waals surface area (Å²) in [6.07, 6.45) is 0.669. The van der Waals surface area contributed by atoms with Crippen molar-refractivity contribution in [2.75, 3.05) is 0 Å². The third-order valence-corrected chi connectivity index (χ3v) is 4.00. The van der Waals surface area contributed by atoms with Crippen molar-refractivity contribution in [1.29, 1.82) is 0 Å². The Morgan fingerprint density at radius 3 is 2.17 bits per heavy atom. The van der Waals surface area contributed by atoms with Crippen LogP contribution in [0.2, 0.25) is 0 Å². The molecule has 0 aliphatic carbocycles. The Kier molecular flexibility index (Phi) is 4.38. The lowest BCUT2D eigenvalue weighted by molar-refractivity contribution is 0.0857. The molecule has 0 aliphatic rings. The molecular formula is C20H20N2O. The van der Waals surface area contributed by atoms with Crippen molar-refractivity contribution in [3.8, 4) is 0 Å². The van der Waals surface area contributed by atoms with Crippen LogP contribution in [0.4, 0.5) is 0 Å². The minimum Gasteiger partial charge on any atom is -0.272 e. The summed E-state index contributed by atoms with van der Waals surface area (Å²) in [4.78, 5) is 13.1. The molecule has 1 atom stereocenters. The second-order valence-corrected chi connectivity index (χ2v) is 5.83. The Bertz CT molecular complexity index is 791. The van der Waals surface area contributed by atoms with Crippen LogP contribution < -0.4 is 0 Å². The number of benzene rings is 2. The molecule has 0 fully saturated rings. The van der Waals surface area contributed by atoms with Gasteiger partial charge in [-0.05, 0) is 37.5 Å². The van der Waals surface area contributed by atoms with Gasteiger partial charge in [0.25, 0.3) is 5.91 Å². The predicted molar refractivity (Wildman–Crippen MR) is 91.7 cm³/mol. The average Bonchev–Trinajstić information content (AvgIpc) is 2.92. The van der Waals surface area contributed by atoms with E-state index in [-0.39, 0.29) is 11.8 Å². The van der Waals surface area contributed by atoms with Crippen LogP contribution in [-0.4, -0.2) is 15.7 Å². The zero-order valence-electron chi connectivity index (χ0n) is 13.4. The number of carbonyl (C=O) groups is 1. The normalized spacial score (nSPS) is 12.1. The second-order valence-electron chi connectivity index (χ2n) is 5.83. The largest absolute Gasteiger partial charge is 0.272 e. The molecule has 0 saturated heterocycles. The van der Waals surface area contributed by atoms with Crippen LogP contribution in [0.3, 0.4) is 0 Å². The Morgan fingerprint density at radius 2 is 1.61 bits per heavy atom. The highest BCUT2D eigenvalue weighted by molar-refractivity contribution is 5.86. The van der Waals surface area contributed by atoms with Crippen LogP contribution in [0.15, 0.2) is 66.7 Å². The van der Waals surface area contributed by atoms with Gasteiger partial charge < -0.3 is 0 Å². The van der Waals surface area contributed by atoms with Crippen molar-refractivity contribution in [1.82, 2.24) is 9.78 Å². The molecule has 0 N–H and O–H groups in total. The molecule has 1 heterocycles. The lowest BCUT2D eigenvalue weighted by Crippen LogP contribution is -2.24. The number of nitrogens with zero attached hydrogens (tertiary/aromatic N) is 2. The quantitative estimate of drug-likeness (QED) is 0.725. The Morgan fingerprint density at radius 1 is 1.00 bits per heavy atom. The number of hydrogen-bond acceptors (Lipinski definition) is 2. The average molecular weight is 304 g/mol. The first-order valence-corrected chi connectivity index (χ1v) is 7.81. The first kappa shape index (κ1) is 15.2. The van der Waals surface area contributed by atoms with Gasteiger partial charge >= 0.3 is 0 Å². The van der Waals surface area contributed by atoms with Crippen molar-refractivity contribution in [3.63, 3.8) is 0 Å². The minimum atomic E-state index is -0.239. The molecule has 23 heavy (non-hydrogen) atoms. The van der Waals surface area contributed by atoms with E-state index in [0.717, 1.165) is 22.5 Å². The van der Waals surface area contributed by atoms with Gasteiger partial charge in [-0.1, -0.05) is 60.7 Å². The summed E-state index contributed by atoms with van der Waals surface area (Å²) in [5, 5.41) is 4.37. The van der Waals surface area contributed by atoms with Crippen LogP contribution >= 0.6 is 0 Å². The summed E-state index contributed by atoms with van der Waals surface area (Å²) in [5.41, 5.74) is 3.91. The van der Waals surface area contributed by atoms with Crippen LogP contribution in [-0.2, 0) is 6.42 Å². The van der Waals surface area contributed by atoms with E-state index in [1.807, 2.05) is 68.4 Å². The molecule has 0 amide bonds. The zero-order chi connectivity index (χ0) is 16.2. The van der Waals surface area contributed by atoms with Crippen LogP contribution in [0.1, 0.15) is 33.2 Å². The first-order valence-electron chi connectivity index (χ1n) is 7.81. The van der Waals surface area contributed by atoms with E-state index in [1.165, 1.54) is 4.68 Å². The predicted octanol–water partition coefficient (Wildman–Crippen LogP) is 4.17. The lowest BCUT2D eigenvalue weighted by Gasteiger charge is -2.17. The summed E-state index contributed by atoms with van der Waals surface area (Å²) in [7, 11) is 0. The fourth-order valence-electron chi connectivity index (χ4n) is 2.88. The van der Waals surface area contributed by atoms with Gasteiger partial charge in [-0.3, -0.25) is 4.79 Å². The van der Waals surface area contributed by atoms with E-state index in [2.05, 4.69) is 17.2 Å². The van der Waals surface area contributed by atoms with Gasteiger partial charge in [-0.2, -0.15) is 5.10 Å². The molecule has 3 rings (SSSR count). The number of aromatic nitrogens is 2. The molecule has 3 nitrogen and oxygen atoms in total. The van der Waals surface area contributed by atoms with E-state index in [9.17, 15) is 4.79 Å². The van der Waals surface area contributed by atoms with Crippen LogP contribution in [0.5, 0.6) is 0 Å². The number of aryl methyl sites for hydroxylation is 2. The summed E-state index contributed by atoms with van der Waals surface area (Å²) >= 11 is 0. The van der Waals surface area contributed by atoms with Crippen molar-refractivity contribution >= 4 is 5.91 Å². The highest BCUT2D eigenvalue weighted by Crippen LogP contribution is 2.23. The van der Waals surface area contributed by atoms with E-state index in [4.69, 9.17) is 0 Å². The Labute approximate surface area is 136 Å². The highest BCUT2D eigenvalue weighted by atomic mass is 16.2. The maximum atomic E-state index is 13.1. The van der Waals surface area contributed by atoms with Crippen LogP contribution in [0, 0.1) is 13.8 Å². The van der Waals surface area contributed by atoms with Crippen molar-refractivity contribution in [2.45, 2.75) is 26.2 Å². The second kappa shape index (κ2) is 6.61. The maximum absolute atomic E-state index is 13.1. The topological polar surface area (TPSA) is 34.9 Å². The Balaban J connectivity index is 1.98. The summed E-state index contributed by atoms with van der Waals surface area (Å²) in [6, 6.07) is 22.0. The molecule has 2 aromatic carbocycles. The fraction of sp³-hybridized carbons (Fsp3) is 0.200. The SMILES string of the molecule is Cc1cc(C)n(C(=O)[C@@H](Cc2ccccc2)c2ccccc2)n1.